The van der Waals surface area contributed by atoms with E-state index in [0.29, 0.717) is 18.7 Å². The van der Waals surface area contributed by atoms with Gasteiger partial charge < -0.3 is 9.84 Å². The Hall–Kier alpha value is -3.88. The molecule has 1 N–H and O–H groups in total. The number of hydrogen-bond donors (Lipinski definition) is 1. The molecule has 0 aliphatic rings. The first-order valence-electron chi connectivity index (χ1n) is 8.77. The van der Waals surface area contributed by atoms with Crippen LogP contribution < -0.4 is 4.74 Å². The largest absolute Gasteiger partial charge is 0.507 e. The van der Waals surface area contributed by atoms with Crippen molar-refractivity contribution in [3.63, 3.8) is 0 Å². The van der Waals surface area contributed by atoms with Crippen molar-refractivity contribution in [2.45, 2.75) is 26.7 Å². The van der Waals surface area contributed by atoms with Crippen LogP contribution in [0.5, 0.6) is 11.5 Å². The van der Waals surface area contributed by atoms with Crippen LogP contribution in [0.15, 0.2) is 42.7 Å². The van der Waals surface area contributed by atoms with Crippen LogP contribution in [0.25, 0.3) is 0 Å². The number of ether oxygens (including phenoxy) is 1. The van der Waals surface area contributed by atoms with E-state index in [-0.39, 0.29) is 23.0 Å². The first-order valence-corrected chi connectivity index (χ1v) is 8.77. The number of nitrogens with zero attached hydrogens (tertiary/aromatic N) is 4. The second-order valence-corrected chi connectivity index (χ2v) is 6.44. The van der Waals surface area contributed by atoms with Gasteiger partial charge in [-0.15, -0.1) is 0 Å². The van der Waals surface area contributed by atoms with Crippen LogP contribution in [0, 0.1) is 24.0 Å². The van der Waals surface area contributed by atoms with Gasteiger partial charge in [0.15, 0.2) is 0 Å². The quantitative estimate of drug-likeness (QED) is 0.292. The van der Waals surface area contributed by atoms with E-state index < -0.39 is 10.9 Å². The molecule has 0 aliphatic carbocycles. The summed E-state index contributed by atoms with van der Waals surface area (Å²) >= 11 is 0. The van der Waals surface area contributed by atoms with Crippen molar-refractivity contribution in [3.8, 4) is 11.5 Å². The molecule has 0 amide bonds. The van der Waals surface area contributed by atoms with Crippen molar-refractivity contribution in [2.24, 2.45) is 0 Å². The van der Waals surface area contributed by atoms with Crippen molar-refractivity contribution >= 4 is 11.7 Å². The lowest BCUT2D eigenvalue weighted by Crippen LogP contribution is -2.15. The van der Waals surface area contributed by atoms with E-state index in [0.717, 1.165) is 16.7 Å². The highest BCUT2D eigenvalue weighted by atomic mass is 16.6. The molecular weight excluding hydrogens is 376 g/mol. The number of aromatic nitrogens is 3. The number of non-ortho nitro benzene ring substituents is 1. The molecule has 9 nitrogen and oxygen atoms in total. The van der Waals surface area contributed by atoms with Gasteiger partial charge in [0.1, 0.15) is 23.7 Å². The maximum atomic E-state index is 12.2. The van der Waals surface area contributed by atoms with Crippen LogP contribution in [0.2, 0.25) is 0 Å². The van der Waals surface area contributed by atoms with E-state index in [1.54, 1.807) is 0 Å². The fourth-order valence-electron chi connectivity index (χ4n) is 2.78. The normalized spacial score (nSPS) is 10.6. The predicted molar refractivity (Wildman–Crippen MR) is 103 cm³/mol. The van der Waals surface area contributed by atoms with Crippen LogP contribution in [0.1, 0.15) is 33.1 Å². The zero-order chi connectivity index (χ0) is 21.0. The molecule has 0 aliphatic heterocycles. The lowest BCUT2D eigenvalue weighted by atomic mass is 10.0. The highest BCUT2D eigenvalue weighted by molar-refractivity contribution is 5.86. The number of phenolic OH excluding ortho intramolecular Hbond substituents is 1. The number of phenols is 1. The van der Waals surface area contributed by atoms with Gasteiger partial charge in [-0.3, -0.25) is 10.1 Å². The maximum absolute atomic E-state index is 12.2. The molecule has 0 spiro atoms. The molecule has 29 heavy (non-hydrogen) atoms. The molecule has 0 fully saturated rings. The Balaban J connectivity index is 1.67. The van der Waals surface area contributed by atoms with Crippen LogP contribution in [-0.2, 0) is 12.8 Å². The maximum Gasteiger partial charge on any atom is 0.381 e. The van der Waals surface area contributed by atoms with Crippen molar-refractivity contribution < 1.29 is 19.6 Å². The SMILES string of the molecule is Cc1cc(CCc2ncnc(C(=O)Oc3ccc([N+](=O)[O-])cc3)n2)cc(C)c1O. The summed E-state index contributed by atoms with van der Waals surface area (Å²) in [4.78, 5) is 34.4. The Morgan fingerprint density at radius 1 is 1.10 bits per heavy atom. The number of carbonyl (C=O) groups excluding carboxylic acids is 1. The topological polar surface area (TPSA) is 128 Å². The van der Waals surface area contributed by atoms with Gasteiger partial charge >= 0.3 is 5.97 Å². The smallest absolute Gasteiger partial charge is 0.381 e. The van der Waals surface area contributed by atoms with Crippen molar-refractivity contribution in [2.75, 3.05) is 0 Å². The van der Waals surface area contributed by atoms with Gasteiger partial charge in [-0.25, -0.2) is 19.7 Å². The predicted octanol–water partition coefficient (Wildman–Crippen LogP) is 3.11. The van der Waals surface area contributed by atoms with Crippen LogP contribution in [0.3, 0.4) is 0 Å². The van der Waals surface area contributed by atoms with Gasteiger partial charge in [-0.1, -0.05) is 12.1 Å². The van der Waals surface area contributed by atoms with Gasteiger partial charge in [-0.05, 0) is 49.1 Å². The summed E-state index contributed by atoms with van der Waals surface area (Å²) in [7, 11) is 0. The zero-order valence-corrected chi connectivity index (χ0v) is 15.8. The van der Waals surface area contributed by atoms with Gasteiger partial charge in [0.05, 0.1) is 4.92 Å². The van der Waals surface area contributed by atoms with Crippen LogP contribution in [0.4, 0.5) is 5.69 Å². The summed E-state index contributed by atoms with van der Waals surface area (Å²) in [6, 6.07) is 8.92. The fourth-order valence-corrected chi connectivity index (χ4v) is 2.78. The molecule has 9 heteroatoms. The molecule has 148 valence electrons. The molecule has 1 aromatic heterocycles. The first kappa shape index (κ1) is 19.9. The summed E-state index contributed by atoms with van der Waals surface area (Å²) in [5.74, 6) is -0.0629. The van der Waals surface area contributed by atoms with Gasteiger partial charge in [-0.2, -0.15) is 0 Å². The lowest BCUT2D eigenvalue weighted by molar-refractivity contribution is -0.384. The molecule has 0 unspecified atom stereocenters. The van der Waals surface area contributed by atoms with Crippen molar-refractivity contribution in [3.05, 3.63) is 81.2 Å². The van der Waals surface area contributed by atoms with Gasteiger partial charge in [0.25, 0.3) is 5.69 Å². The number of aryl methyl sites for hydroxylation is 4. The lowest BCUT2D eigenvalue weighted by Gasteiger charge is -2.08. The summed E-state index contributed by atoms with van der Waals surface area (Å²) in [5.41, 5.74) is 2.51. The number of benzene rings is 2. The van der Waals surface area contributed by atoms with E-state index in [1.165, 1.54) is 30.6 Å². The Bertz CT molecular complexity index is 1040. The molecule has 0 atom stereocenters. The number of carbonyl (C=O) groups is 1. The molecule has 1 heterocycles. The standard InChI is InChI=1S/C20H18N4O5/c1-12-9-14(10-13(2)18(12)25)3-8-17-21-11-22-19(23-17)20(26)29-16-6-4-15(5-7-16)24(27)28/h4-7,9-11,25H,3,8H2,1-2H3. The van der Waals surface area contributed by atoms with E-state index in [1.807, 2.05) is 26.0 Å². The minimum atomic E-state index is -0.779. The van der Waals surface area contributed by atoms with E-state index in [4.69, 9.17) is 4.74 Å². The van der Waals surface area contributed by atoms with E-state index in [9.17, 15) is 20.0 Å². The minimum Gasteiger partial charge on any atom is -0.507 e. The third kappa shape index (κ3) is 4.89. The Morgan fingerprint density at radius 3 is 2.38 bits per heavy atom. The Labute approximate surface area is 166 Å². The molecule has 0 bridgehead atoms. The van der Waals surface area contributed by atoms with Gasteiger partial charge in [0, 0.05) is 18.6 Å². The zero-order valence-electron chi connectivity index (χ0n) is 15.8. The number of esters is 1. The molecular formula is C20H18N4O5. The molecule has 3 aromatic rings. The Kier molecular flexibility index (Phi) is 5.77. The van der Waals surface area contributed by atoms with E-state index in [2.05, 4.69) is 15.0 Å². The monoisotopic (exact) mass is 394 g/mol. The summed E-state index contributed by atoms with van der Waals surface area (Å²) in [5, 5.41) is 20.5. The molecule has 3 rings (SSSR count). The average Bonchev–Trinajstić information content (AvgIpc) is 2.71. The first-order chi connectivity index (χ1) is 13.8. The highest BCUT2D eigenvalue weighted by Crippen LogP contribution is 2.23. The number of nitro groups is 1. The van der Waals surface area contributed by atoms with Gasteiger partial charge in [0.2, 0.25) is 5.82 Å². The second kappa shape index (κ2) is 8.42. The van der Waals surface area contributed by atoms with Crippen molar-refractivity contribution in [1.29, 1.82) is 0 Å². The van der Waals surface area contributed by atoms with Crippen LogP contribution >= 0.6 is 0 Å². The molecule has 0 saturated carbocycles. The Morgan fingerprint density at radius 2 is 1.76 bits per heavy atom. The second-order valence-electron chi connectivity index (χ2n) is 6.44. The number of hydrogen-bond acceptors (Lipinski definition) is 8. The third-order valence-corrected chi connectivity index (χ3v) is 4.25. The third-order valence-electron chi connectivity index (χ3n) is 4.25. The highest BCUT2D eigenvalue weighted by Gasteiger charge is 2.15. The van der Waals surface area contributed by atoms with Crippen molar-refractivity contribution in [1.82, 2.24) is 15.0 Å². The molecule has 0 radical (unpaired) electrons. The minimum absolute atomic E-state index is 0.105. The van der Waals surface area contributed by atoms with E-state index >= 15 is 0 Å². The fraction of sp³-hybridized carbons (Fsp3) is 0.200. The summed E-state index contributed by atoms with van der Waals surface area (Å²) in [6.45, 7) is 3.67. The summed E-state index contributed by atoms with van der Waals surface area (Å²) < 4.78 is 5.16. The summed E-state index contributed by atoms with van der Waals surface area (Å²) in [6.07, 6.45) is 2.34. The average molecular weight is 394 g/mol. The molecule has 0 saturated heterocycles. The number of nitro benzene ring substituents is 1. The number of aromatic hydroxyl groups is 1. The van der Waals surface area contributed by atoms with Crippen LogP contribution in [-0.4, -0.2) is 31.0 Å². The number of rotatable bonds is 6. The molecule has 2 aromatic carbocycles.